The highest BCUT2D eigenvalue weighted by Crippen LogP contribution is 2.32. The number of hydrogen-bond donors (Lipinski definition) is 1. The van der Waals surface area contributed by atoms with Crippen LogP contribution in [0.2, 0.25) is 0 Å². The molecule has 0 bridgehead atoms. The van der Waals surface area contributed by atoms with Crippen molar-refractivity contribution in [2.75, 3.05) is 25.1 Å². The molecule has 0 radical (unpaired) electrons. The molecule has 1 unspecified atom stereocenters. The molecule has 0 aromatic heterocycles. The molecular weight excluding hydrogens is 332 g/mol. The third-order valence-corrected chi connectivity index (χ3v) is 5.43. The average Bonchev–Trinajstić information content (AvgIpc) is 2.72. The Morgan fingerprint density at radius 1 is 0.963 bits per heavy atom. The topological polar surface area (TPSA) is 24.5 Å². The highest BCUT2D eigenvalue weighted by atomic mass is 16.5. The highest BCUT2D eigenvalue weighted by molar-refractivity contribution is 5.55. The third-order valence-electron chi connectivity index (χ3n) is 5.43. The Kier molecular flexibility index (Phi) is 7.17. The second-order valence-corrected chi connectivity index (χ2v) is 8.02. The van der Waals surface area contributed by atoms with Crippen molar-refractivity contribution in [1.82, 2.24) is 5.32 Å². The number of rotatable bonds is 8. The van der Waals surface area contributed by atoms with E-state index < -0.39 is 0 Å². The lowest BCUT2D eigenvalue weighted by atomic mass is 9.94. The highest BCUT2D eigenvalue weighted by Gasteiger charge is 2.20. The van der Waals surface area contributed by atoms with Gasteiger partial charge >= 0.3 is 0 Å². The molecule has 2 aromatic carbocycles. The van der Waals surface area contributed by atoms with Crippen LogP contribution in [0.4, 0.5) is 5.69 Å². The van der Waals surface area contributed by atoms with Gasteiger partial charge in [0.15, 0.2) is 0 Å². The summed E-state index contributed by atoms with van der Waals surface area (Å²) >= 11 is 0. The van der Waals surface area contributed by atoms with Gasteiger partial charge in [-0.1, -0.05) is 44.2 Å². The standard InChI is InChI=1S/C24H34N2O/c1-19(2)17-23(25-18-20-11-13-21(27-3)14-12-20)22-9-5-6-10-24(22)26-15-7-4-8-16-26/h5-6,9-14,19,23,25H,4,7-8,15-18H2,1-3H3. The number of nitrogens with one attached hydrogen (secondary N) is 1. The number of nitrogens with zero attached hydrogens (tertiary/aromatic N) is 1. The van der Waals surface area contributed by atoms with Gasteiger partial charge in [-0.05, 0) is 60.9 Å². The summed E-state index contributed by atoms with van der Waals surface area (Å²) in [5.41, 5.74) is 4.16. The molecule has 1 saturated heterocycles. The largest absolute Gasteiger partial charge is 0.497 e. The second-order valence-electron chi connectivity index (χ2n) is 8.02. The Bertz CT molecular complexity index is 690. The molecule has 3 rings (SSSR count). The van der Waals surface area contributed by atoms with Crippen LogP contribution >= 0.6 is 0 Å². The molecule has 2 aromatic rings. The Hall–Kier alpha value is -2.00. The predicted molar refractivity (Wildman–Crippen MR) is 115 cm³/mol. The molecule has 1 atom stereocenters. The van der Waals surface area contributed by atoms with Gasteiger partial charge in [0.05, 0.1) is 7.11 Å². The minimum absolute atomic E-state index is 0.366. The van der Waals surface area contributed by atoms with Crippen molar-refractivity contribution < 1.29 is 4.74 Å². The molecule has 3 nitrogen and oxygen atoms in total. The zero-order valence-electron chi connectivity index (χ0n) is 17.1. The van der Waals surface area contributed by atoms with E-state index in [1.165, 1.54) is 49.2 Å². The Morgan fingerprint density at radius 3 is 2.33 bits per heavy atom. The van der Waals surface area contributed by atoms with E-state index in [-0.39, 0.29) is 0 Å². The van der Waals surface area contributed by atoms with Crippen LogP contribution in [-0.2, 0) is 6.54 Å². The second kappa shape index (κ2) is 9.80. The molecule has 3 heteroatoms. The molecule has 1 aliphatic rings. The number of ether oxygens (including phenoxy) is 1. The summed E-state index contributed by atoms with van der Waals surface area (Å²) in [6.45, 7) is 7.86. The molecule has 1 aliphatic heterocycles. The van der Waals surface area contributed by atoms with Crippen LogP contribution in [-0.4, -0.2) is 20.2 Å². The van der Waals surface area contributed by atoms with Crippen molar-refractivity contribution in [2.45, 2.75) is 52.1 Å². The summed E-state index contributed by atoms with van der Waals surface area (Å²) in [6, 6.07) is 17.7. The first-order valence-electron chi connectivity index (χ1n) is 10.4. The smallest absolute Gasteiger partial charge is 0.118 e. The van der Waals surface area contributed by atoms with Crippen molar-refractivity contribution in [3.8, 4) is 5.75 Å². The van der Waals surface area contributed by atoms with Gasteiger partial charge in [0.25, 0.3) is 0 Å². The number of benzene rings is 2. The van der Waals surface area contributed by atoms with Crippen molar-refractivity contribution in [2.24, 2.45) is 5.92 Å². The minimum Gasteiger partial charge on any atom is -0.497 e. The lowest BCUT2D eigenvalue weighted by Gasteiger charge is -2.33. The van der Waals surface area contributed by atoms with Gasteiger partial charge in [-0.15, -0.1) is 0 Å². The van der Waals surface area contributed by atoms with E-state index in [1.54, 1.807) is 7.11 Å². The van der Waals surface area contributed by atoms with Gasteiger partial charge in [-0.25, -0.2) is 0 Å². The van der Waals surface area contributed by atoms with E-state index in [9.17, 15) is 0 Å². The summed E-state index contributed by atoms with van der Waals surface area (Å²) < 4.78 is 5.27. The average molecular weight is 367 g/mol. The van der Waals surface area contributed by atoms with Crippen molar-refractivity contribution in [3.05, 3.63) is 59.7 Å². The molecule has 0 amide bonds. The summed E-state index contributed by atoms with van der Waals surface area (Å²) in [7, 11) is 1.71. The molecule has 1 N–H and O–H groups in total. The maximum Gasteiger partial charge on any atom is 0.118 e. The zero-order valence-corrected chi connectivity index (χ0v) is 17.1. The van der Waals surface area contributed by atoms with Crippen LogP contribution in [0.3, 0.4) is 0 Å². The van der Waals surface area contributed by atoms with Gasteiger partial charge in [-0.2, -0.15) is 0 Å². The van der Waals surface area contributed by atoms with E-state index in [4.69, 9.17) is 4.74 Å². The molecule has 0 spiro atoms. The molecule has 0 aliphatic carbocycles. The van der Waals surface area contributed by atoms with Gasteiger partial charge < -0.3 is 15.0 Å². The molecule has 0 saturated carbocycles. The zero-order chi connectivity index (χ0) is 19.1. The van der Waals surface area contributed by atoms with E-state index in [1.807, 2.05) is 12.1 Å². The van der Waals surface area contributed by atoms with Crippen LogP contribution in [0.15, 0.2) is 48.5 Å². The SMILES string of the molecule is COc1ccc(CNC(CC(C)C)c2ccccc2N2CCCCC2)cc1. The fraction of sp³-hybridized carbons (Fsp3) is 0.500. The van der Waals surface area contributed by atoms with Crippen LogP contribution in [0.5, 0.6) is 5.75 Å². The maximum atomic E-state index is 5.27. The Balaban J connectivity index is 1.77. The third kappa shape index (κ3) is 5.49. The van der Waals surface area contributed by atoms with Crippen LogP contribution in [0.1, 0.15) is 56.7 Å². The lowest BCUT2D eigenvalue weighted by Crippen LogP contribution is -2.32. The van der Waals surface area contributed by atoms with Crippen LogP contribution < -0.4 is 15.0 Å². The molecule has 1 heterocycles. The maximum absolute atomic E-state index is 5.27. The first-order chi connectivity index (χ1) is 13.2. The van der Waals surface area contributed by atoms with E-state index in [2.05, 4.69) is 60.5 Å². The summed E-state index contributed by atoms with van der Waals surface area (Å²) in [5, 5.41) is 3.83. The van der Waals surface area contributed by atoms with E-state index >= 15 is 0 Å². The lowest BCUT2D eigenvalue weighted by molar-refractivity contribution is 0.413. The number of methoxy groups -OCH3 is 1. The summed E-state index contributed by atoms with van der Waals surface area (Å²) in [6.07, 6.45) is 5.12. The first kappa shape index (κ1) is 19.8. The van der Waals surface area contributed by atoms with Gasteiger partial charge in [0.1, 0.15) is 5.75 Å². The number of hydrogen-bond acceptors (Lipinski definition) is 3. The number of para-hydroxylation sites is 1. The van der Waals surface area contributed by atoms with E-state index in [0.717, 1.165) is 18.7 Å². The normalized spacial score (nSPS) is 15.8. The van der Waals surface area contributed by atoms with Crippen molar-refractivity contribution in [3.63, 3.8) is 0 Å². The number of anilines is 1. The van der Waals surface area contributed by atoms with Crippen LogP contribution in [0, 0.1) is 5.92 Å². The molecule has 27 heavy (non-hydrogen) atoms. The fourth-order valence-corrected chi connectivity index (χ4v) is 3.98. The molecule has 1 fully saturated rings. The predicted octanol–water partition coefficient (Wildman–Crippen LogP) is 5.56. The number of piperidine rings is 1. The van der Waals surface area contributed by atoms with Crippen molar-refractivity contribution >= 4 is 5.69 Å². The van der Waals surface area contributed by atoms with Gasteiger partial charge in [0.2, 0.25) is 0 Å². The monoisotopic (exact) mass is 366 g/mol. The Labute approximate surface area is 164 Å². The summed E-state index contributed by atoms with van der Waals surface area (Å²) in [5.74, 6) is 1.56. The van der Waals surface area contributed by atoms with Crippen LogP contribution in [0.25, 0.3) is 0 Å². The Morgan fingerprint density at radius 2 is 1.67 bits per heavy atom. The minimum atomic E-state index is 0.366. The van der Waals surface area contributed by atoms with E-state index in [0.29, 0.717) is 12.0 Å². The molecule has 146 valence electrons. The first-order valence-corrected chi connectivity index (χ1v) is 10.4. The van der Waals surface area contributed by atoms with Gasteiger partial charge in [-0.3, -0.25) is 0 Å². The summed E-state index contributed by atoms with van der Waals surface area (Å²) in [4.78, 5) is 2.58. The quantitative estimate of drug-likeness (QED) is 0.662. The van der Waals surface area contributed by atoms with Crippen molar-refractivity contribution in [1.29, 1.82) is 0 Å². The molecular formula is C24H34N2O. The fourth-order valence-electron chi connectivity index (χ4n) is 3.98. The van der Waals surface area contributed by atoms with Gasteiger partial charge in [0, 0.05) is 31.4 Å².